The fraction of sp³-hybridized carbons (Fsp3) is 0.583. The van der Waals surface area contributed by atoms with Crippen molar-refractivity contribution in [3.05, 3.63) is 22.4 Å². The van der Waals surface area contributed by atoms with Crippen molar-refractivity contribution in [2.75, 3.05) is 13.1 Å². The standard InChI is InChI=1S/C12H13F2NOS/c13-12(14)8-11(12)2-4-15(5-3-11)10(16)9-1-6-17-7-9/h1,6-7H,2-5,8H2. The highest BCUT2D eigenvalue weighted by Gasteiger charge is 2.70. The fourth-order valence-electron chi connectivity index (χ4n) is 2.63. The molecule has 0 atom stereocenters. The summed E-state index contributed by atoms with van der Waals surface area (Å²) in [7, 11) is 0. The van der Waals surface area contributed by atoms with Gasteiger partial charge in [0.05, 0.1) is 5.56 Å². The number of carbonyl (C=O) groups excluding carboxylic acids is 1. The lowest BCUT2D eigenvalue weighted by Gasteiger charge is -2.32. The van der Waals surface area contributed by atoms with Crippen LogP contribution in [0.15, 0.2) is 16.8 Å². The van der Waals surface area contributed by atoms with Crippen LogP contribution in [0.25, 0.3) is 0 Å². The molecule has 2 aliphatic rings. The minimum Gasteiger partial charge on any atom is -0.339 e. The van der Waals surface area contributed by atoms with Crippen LogP contribution in [0.1, 0.15) is 29.6 Å². The Labute approximate surface area is 102 Å². The Morgan fingerprint density at radius 1 is 1.35 bits per heavy atom. The van der Waals surface area contributed by atoms with E-state index in [4.69, 9.17) is 0 Å². The minimum absolute atomic E-state index is 0.0144. The van der Waals surface area contributed by atoms with Gasteiger partial charge < -0.3 is 4.90 Å². The van der Waals surface area contributed by atoms with Gasteiger partial charge in [0, 0.05) is 30.3 Å². The summed E-state index contributed by atoms with van der Waals surface area (Å²) in [6.07, 6.45) is 0.895. The van der Waals surface area contributed by atoms with E-state index in [1.807, 2.05) is 5.38 Å². The molecule has 92 valence electrons. The fourth-order valence-corrected chi connectivity index (χ4v) is 3.26. The molecule has 0 bridgehead atoms. The highest BCUT2D eigenvalue weighted by atomic mass is 32.1. The van der Waals surface area contributed by atoms with Crippen molar-refractivity contribution in [1.29, 1.82) is 0 Å². The van der Waals surface area contributed by atoms with Gasteiger partial charge in [0.15, 0.2) is 0 Å². The lowest BCUT2D eigenvalue weighted by molar-refractivity contribution is 0.0284. The molecule has 1 aliphatic heterocycles. The van der Waals surface area contributed by atoms with Crippen LogP contribution >= 0.6 is 11.3 Å². The molecule has 0 N–H and O–H groups in total. The zero-order valence-electron chi connectivity index (χ0n) is 9.29. The van der Waals surface area contributed by atoms with E-state index in [2.05, 4.69) is 0 Å². The SMILES string of the molecule is O=C(c1ccsc1)N1CCC2(CC1)CC2(F)F. The van der Waals surface area contributed by atoms with E-state index in [-0.39, 0.29) is 12.3 Å². The van der Waals surface area contributed by atoms with Gasteiger partial charge in [0.2, 0.25) is 0 Å². The average molecular weight is 257 g/mol. The summed E-state index contributed by atoms with van der Waals surface area (Å²) in [4.78, 5) is 13.7. The van der Waals surface area contributed by atoms with Gasteiger partial charge in [0.25, 0.3) is 11.8 Å². The van der Waals surface area contributed by atoms with Gasteiger partial charge in [-0.1, -0.05) is 0 Å². The second kappa shape index (κ2) is 3.51. The van der Waals surface area contributed by atoms with Gasteiger partial charge >= 0.3 is 0 Å². The molecule has 1 amide bonds. The van der Waals surface area contributed by atoms with Gasteiger partial charge in [-0.3, -0.25) is 4.79 Å². The first-order valence-electron chi connectivity index (χ1n) is 5.73. The maximum absolute atomic E-state index is 13.2. The Balaban J connectivity index is 1.65. The smallest absolute Gasteiger partial charge is 0.254 e. The number of halogens is 2. The molecule has 0 radical (unpaired) electrons. The van der Waals surface area contributed by atoms with E-state index in [9.17, 15) is 13.6 Å². The van der Waals surface area contributed by atoms with Crippen molar-refractivity contribution in [3.8, 4) is 0 Å². The Kier molecular flexibility index (Phi) is 2.30. The van der Waals surface area contributed by atoms with Crippen molar-refractivity contribution in [1.82, 2.24) is 4.90 Å². The Hall–Kier alpha value is -0.970. The van der Waals surface area contributed by atoms with Gasteiger partial charge in [0.1, 0.15) is 0 Å². The van der Waals surface area contributed by atoms with E-state index < -0.39 is 11.3 Å². The lowest BCUT2D eigenvalue weighted by atomic mass is 9.92. The molecule has 1 saturated heterocycles. The number of hydrogen-bond donors (Lipinski definition) is 0. The number of rotatable bonds is 1. The zero-order chi connectivity index (χ0) is 12.1. The molecule has 0 aromatic carbocycles. The Morgan fingerprint density at radius 3 is 2.47 bits per heavy atom. The second-order valence-electron chi connectivity index (χ2n) is 4.97. The number of likely N-dealkylation sites (tertiary alicyclic amines) is 1. The monoisotopic (exact) mass is 257 g/mol. The van der Waals surface area contributed by atoms with Gasteiger partial charge in [-0.05, 0) is 24.3 Å². The van der Waals surface area contributed by atoms with Crippen molar-refractivity contribution in [2.24, 2.45) is 5.41 Å². The van der Waals surface area contributed by atoms with Crippen LogP contribution in [0, 0.1) is 5.41 Å². The molecule has 2 heterocycles. The first-order chi connectivity index (χ1) is 8.04. The predicted molar refractivity (Wildman–Crippen MR) is 61.5 cm³/mol. The van der Waals surface area contributed by atoms with Gasteiger partial charge in [-0.2, -0.15) is 11.3 Å². The number of amides is 1. The molecule has 2 nitrogen and oxygen atoms in total. The third-order valence-corrected chi connectivity index (χ3v) is 4.67. The van der Waals surface area contributed by atoms with Gasteiger partial charge in [-0.15, -0.1) is 0 Å². The second-order valence-corrected chi connectivity index (χ2v) is 5.75. The first-order valence-corrected chi connectivity index (χ1v) is 6.68. The van der Waals surface area contributed by atoms with Crippen molar-refractivity contribution in [3.63, 3.8) is 0 Å². The first kappa shape index (κ1) is 11.1. The molecule has 3 rings (SSSR count). The van der Waals surface area contributed by atoms with E-state index >= 15 is 0 Å². The van der Waals surface area contributed by atoms with E-state index in [1.165, 1.54) is 11.3 Å². The number of hydrogen-bond acceptors (Lipinski definition) is 2. The molecule has 1 aromatic rings. The van der Waals surface area contributed by atoms with Crippen LogP contribution in [0.2, 0.25) is 0 Å². The summed E-state index contributed by atoms with van der Waals surface area (Å²) in [5.74, 6) is -2.50. The quantitative estimate of drug-likeness (QED) is 0.757. The Bertz CT molecular complexity index is 435. The normalized spacial score (nSPS) is 24.9. The topological polar surface area (TPSA) is 20.3 Å². The third-order valence-electron chi connectivity index (χ3n) is 3.99. The molecule has 0 unspecified atom stereocenters. The predicted octanol–water partition coefficient (Wildman–Crippen LogP) is 3.01. The summed E-state index contributed by atoms with van der Waals surface area (Å²) in [5.41, 5.74) is -0.105. The number of alkyl halides is 2. The maximum Gasteiger partial charge on any atom is 0.254 e. The molecule has 1 aliphatic carbocycles. The summed E-state index contributed by atoms with van der Waals surface area (Å²) in [5, 5.41) is 3.66. The van der Waals surface area contributed by atoms with E-state index in [1.54, 1.807) is 16.3 Å². The summed E-state index contributed by atoms with van der Waals surface area (Å²) in [6.45, 7) is 0.925. The lowest BCUT2D eigenvalue weighted by Crippen LogP contribution is -2.40. The highest BCUT2D eigenvalue weighted by molar-refractivity contribution is 7.08. The molecular formula is C12H13F2NOS. The molecule has 2 fully saturated rings. The van der Waals surface area contributed by atoms with Crippen molar-refractivity contribution < 1.29 is 13.6 Å². The van der Waals surface area contributed by atoms with Crippen LogP contribution in [0.4, 0.5) is 8.78 Å². The maximum atomic E-state index is 13.2. The number of nitrogens with zero attached hydrogens (tertiary/aromatic N) is 1. The zero-order valence-corrected chi connectivity index (χ0v) is 10.1. The largest absolute Gasteiger partial charge is 0.339 e. The Morgan fingerprint density at radius 2 is 2.00 bits per heavy atom. The molecule has 17 heavy (non-hydrogen) atoms. The molecule has 1 saturated carbocycles. The average Bonchev–Trinajstić information content (AvgIpc) is 2.75. The summed E-state index contributed by atoms with van der Waals surface area (Å²) < 4.78 is 26.3. The van der Waals surface area contributed by atoms with Crippen LogP contribution < -0.4 is 0 Å². The van der Waals surface area contributed by atoms with Gasteiger partial charge in [-0.25, -0.2) is 8.78 Å². The summed E-state index contributed by atoms with van der Waals surface area (Å²) in [6, 6.07) is 1.78. The van der Waals surface area contributed by atoms with Crippen molar-refractivity contribution >= 4 is 17.2 Å². The molecule has 1 spiro atoms. The van der Waals surface area contributed by atoms with Crippen molar-refractivity contribution in [2.45, 2.75) is 25.2 Å². The van der Waals surface area contributed by atoms with E-state index in [0.29, 0.717) is 31.5 Å². The number of piperidine rings is 1. The minimum atomic E-state index is -2.48. The van der Waals surface area contributed by atoms with Crippen LogP contribution in [-0.2, 0) is 0 Å². The number of carbonyl (C=O) groups is 1. The molecule has 1 aromatic heterocycles. The number of thiophene rings is 1. The molecule has 5 heteroatoms. The highest BCUT2D eigenvalue weighted by Crippen LogP contribution is 2.65. The van der Waals surface area contributed by atoms with Crippen LogP contribution in [0.3, 0.4) is 0 Å². The van der Waals surface area contributed by atoms with Crippen LogP contribution in [0.5, 0.6) is 0 Å². The third kappa shape index (κ3) is 1.68. The molecular weight excluding hydrogens is 244 g/mol. The van der Waals surface area contributed by atoms with E-state index in [0.717, 1.165) is 0 Å². The summed E-state index contributed by atoms with van der Waals surface area (Å²) >= 11 is 1.48. The van der Waals surface area contributed by atoms with Crippen LogP contribution in [-0.4, -0.2) is 29.8 Å².